The fourth-order valence-electron chi connectivity index (χ4n) is 1.09. The topological polar surface area (TPSA) is 52.8 Å². The Kier molecular flexibility index (Phi) is 9.10. The van der Waals surface area contributed by atoms with Crippen molar-refractivity contribution >= 4 is 6.21 Å². The van der Waals surface area contributed by atoms with E-state index in [0.29, 0.717) is 6.42 Å². The summed E-state index contributed by atoms with van der Waals surface area (Å²) in [4.78, 5) is 0. The van der Waals surface area contributed by atoms with Crippen LogP contribution < -0.4 is 0 Å². The van der Waals surface area contributed by atoms with E-state index in [1.807, 2.05) is 0 Å². The highest BCUT2D eigenvalue weighted by Crippen LogP contribution is 2.07. The molecule has 1 atom stereocenters. The van der Waals surface area contributed by atoms with Crippen LogP contribution in [0.2, 0.25) is 0 Å². The second kappa shape index (κ2) is 9.52. The Morgan fingerprint density at radius 3 is 2.77 bits per heavy atom. The van der Waals surface area contributed by atoms with Gasteiger partial charge >= 0.3 is 0 Å². The Hall–Kier alpha value is -0.570. The Morgan fingerprint density at radius 1 is 1.38 bits per heavy atom. The predicted molar refractivity (Wildman–Crippen MR) is 54.0 cm³/mol. The standard InChI is InChI=1S/C10H20NO2/c1-2-3-4-5-6-7-10(12)8-9-11-13/h5,9-10,12-13H,2-4,6-8H2,1H3. The quantitative estimate of drug-likeness (QED) is 0.264. The molecule has 1 unspecified atom stereocenters. The van der Waals surface area contributed by atoms with Crippen LogP contribution in [0.25, 0.3) is 0 Å². The molecule has 0 aliphatic carbocycles. The van der Waals surface area contributed by atoms with Crippen LogP contribution in [0.5, 0.6) is 0 Å². The molecule has 0 saturated carbocycles. The molecule has 0 aliphatic heterocycles. The number of aliphatic hydroxyl groups excluding tert-OH is 1. The van der Waals surface area contributed by atoms with E-state index in [1.165, 1.54) is 19.1 Å². The first-order valence-corrected chi connectivity index (χ1v) is 4.96. The van der Waals surface area contributed by atoms with E-state index >= 15 is 0 Å². The van der Waals surface area contributed by atoms with Crippen LogP contribution in [-0.2, 0) is 0 Å². The summed E-state index contributed by atoms with van der Waals surface area (Å²) in [5.41, 5.74) is 0. The molecule has 3 nitrogen and oxygen atoms in total. The van der Waals surface area contributed by atoms with Gasteiger partial charge < -0.3 is 10.3 Å². The summed E-state index contributed by atoms with van der Waals surface area (Å²) in [6.45, 7) is 2.17. The van der Waals surface area contributed by atoms with Crippen molar-refractivity contribution in [1.82, 2.24) is 0 Å². The Morgan fingerprint density at radius 2 is 2.15 bits per heavy atom. The zero-order valence-corrected chi connectivity index (χ0v) is 8.32. The summed E-state index contributed by atoms with van der Waals surface area (Å²) in [6, 6.07) is 0. The van der Waals surface area contributed by atoms with Crippen LogP contribution >= 0.6 is 0 Å². The zero-order valence-electron chi connectivity index (χ0n) is 8.32. The monoisotopic (exact) mass is 186 g/mol. The van der Waals surface area contributed by atoms with Gasteiger partial charge in [-0.05, 0) is 19.3 Å². The maximum atomic E-state index is 9.31. The lowest BCUT2D eigenvalue weighted by molar-refractivity contribution is 0.171. The minimum atomic E-state index is -0.367. The first kappa shape index (κ1) is 12.4. The molecule has 0 aliphatic rings. The smallest absolute Gasteiger partial charge is 0.0591 e. The van der Waals surface area contributed by atoms with Crippen molar-refractivity contribution in [3.05, 3.63) is 6.42 Å². The first-order valence-electron chi connectivity index (χ1n) is 4.96. The normalized spacial score (nSPS) is 13.7. The van der Waals surface area contributed by atoms with Crippen LogP contribution in [0.4, 0.5) is 0 Å². The Labute approximate surface area is 80.5 Å². The van der Waals surface area contributed by atoms with Gasteiger partial charge in [-0.3, -0.25) is 0 Å². The molecule has 0 aromatic carbocycles. The minimum absolute atomic E-state index is 0.367. The fourth-order valence-corrected chi connectivity index (χ4v) is 1.09. The highest BCUT2D eigenvalue weighted by molar-refractivity contribution is 5.56. The van der Waals surface area contributed by atoms with Gasteiger partial charge in [-0.2, -0.15) is 0 Å². The number of nitrogens with zero attached hydrogens (tertiary/aromatic N) is 1. The summed E-state index contributed by atoms with van der Waals surface area (Å²) < 4.78 is 0. The van der Waals surface area contributed by atoms with Gasteiger partial charge in [0.15, 0.2) is 0 Å². The molecular weight excluding hydrogens is 166 g/mol. The maximum Gasteiger partial charge on any atom is 0.0591 e. The first-order chi connectivity index (χ1) is 6.31. The van der Waals surface area contributed by atoms with E-state index in [1.54, 1.807) is 0 Å². The third-order valence-corrected chi connectivity index (χ3v) is 1.92. The third-order valence-electron chi connectivity index (χ3n) is 1.92. The molecular formula is C10H20NO2. The number of aliphatic hydroxyl groups is 1. The van der Waals surface area contributed by atoms with Crippen LogP contribution in [0.3, 0.4) is 0 Å². The Balaban J connectivity index is 3.12. The molecule has 0 heterocycles. The molecule has 13 heavy (non-hydrogen) atoms. The highest BCUT2D eigenvalue weighted by atomic mass is 16.4. The molecule has 0 bridgehead atoms. The van der Waals surface area contributed by atoms with Crippen LogP contribution in [0.1, 0.15) is 45.4 Å². The van der Waals surface area contributed by atoms with E-state index < -0.39 is 0 Å². The maximum absolute atomic E-state index is 9.31. The molecule has 77 valence electrons. The van der Waals surface area contributed by atoms with E-state index in [0.717, 1.165) is 19.3 Å². The number of rotatable bonds is 8. The Bertz CT molecular complexity index is 126. The van der Waals surface area contributed by atoms with Crippen LogP contribution in [0, 0.1) is 6.42 Å². The van der Waals surface area contributed by atoms with E-state index in [4.69, 9.17) is 5.21 Å². The molecule has 0 fully saturated rings. The van der Waals surface area contributed by atoms with Crippen molar-refractivity contribution in [1.29, 1.82) is 0 Å². The predicted octanol–water partition coefficient (Wildman–Crippen LogP) is 2.37. The van der Waals surface area contributed by atoms with Gasteiger partial charge in [0, 0.05) is 12.6 Å². The lowest BCUT2D eigenvalue weighted by Crippen LogP contribution is -2.06. The van der Waals surface area contributed by atoms with Gasteiger partial charge in [0.1, 0.15) is 0 Å². The molecule has 0 amide bonds. The molecule has 3 heteroatoms. The molecule has 0 rings (SSSR count). The van der Waals surface area contributed by atoms with Crippen molar-refractivity contribution in [2.24, 2.45) is 5.16 Å². The lowest BCUT2D eigenvalue weighted by atomic mass is 10.1. The summed E-state index contributed by atoms with van der Waals surface area (Å²) in [7, 11) is 0. The van der Waals surface area contributed by atoms with Gasteiger partial charge in [-0.25, -0.2) is 0 Å². The summed E-state index contributed by atoms with van der Waals surface area (Å²) in [6.07, 6.45) is 8.91. The second-order valence-corrected chi connectivity index (χ2v) is 3.20. The third kappa shape index (κ3) is 9.34. The van der Waals surface area contributed by atoms with Gasteiger partial charge in [0.25, 0.3) is 0 Å². The average Bonchev–Trinajstić information content (AvgIpc) is 2.14. The molecule has 0 aromatic rings. The summed E-state index contributed by atoms with van der Waals surface area (Å²) in [5, 5.41) is 20.3. The number of hydrogen-bond acceptors (Lipinski definition) is 3. The van der Waals surface area contributed by atoms with Crippen molar-refractivity contribution in [2.75, 3.05) is 0 Å². The number of oxime groups is 1. The van der Waals surface area contributed by atoms with Gasteiger partial charge in [-0.15, -0.1) is 5.16 Å². The average molecular weight is 186 g/mol. The molecule has 1 radical (unpaired) electrons. The van der Waals surface area contributed by atoms with Gasteiger partial charge in [-0.1, -0.05) is 26.2 Å². The number of unbranched alkanes of at least 4 members (excludes halogenated alkanes) is 4. The van der Waals surface area contributed by atoms with Crippen molar-refractivity contribution in [3.63, 3.8) is 0 Å². The van der Waals surface area contributed by atoms with Crippen molar-refractivity contribution in [3.8, 4) is 0 Å². The summed E-state index contributed by atoms with van der Waals surface area (Å²) >= 11 is 0. The molecule has 0 spiro atoms. The van der Waals surface area contributed by atoms with Gasteiger partial charge in [0.2, 0.25) is 0 Å². The zero-order chi connectivity index (χ0) is 9.94. The SMILES string of the molecule is CCCC[CH]CCC(O)CC=NO. The van der Waals surface area contributed by atoms with E-state index in [2.05, 4.69) is 18.5 Å². The fraction of sp³-hybridized carbons (Fsp3) is 0.800. The lowest BCUT2D eigenvalue weighted by Gasteiger charge is -2.05. The minimum Gasteiger partial charge on any atom is -0.411 e. The molecule has 2 N–H and O–H groups in total. The van der Waals surface area contributed by atoms with Crippen LogP contribution in [0.15, 0.2) is 5.16 Å². The van der Waals surface area contributed by atoms with Crippen molar-refractivity contribution < 1.29 is 10.3 Å². The summed E-state index contributed by atoms with van der Waals surface area (Å²) in [5.74, 6) is 0. The highest BCUT2D eigenvalue weighted by Gasteiger charge is 2.01. The molecule has 0 aromatic heterocycles. The molecule has 0 saturated heterocycles. The van der Waals surface area contributed by atoms with Crippen molar-refractivity contribution in [2.45, 2.75) is 51.6 Å². The van der Waals surface area contributed by atoms with E-state index in [-0.39, 0.29) is 6.10 Å². The second-order valence-electron chi connectivity index (χ2n) is 3.20. The van der Waals surface area contributed by atoms with E-state index in [9.17, 15) is 5.11 Å². The largest absolute Gasteiger partial charge is 0.411 e. The number of hydrogen-bond donors (Lipinski definition) is 2. The van der Waals surface area contributed by atoms with Crippen LogP contribution in [-0.4, -0.2) is 22.6 Å². The van der Waals surface area contributed by atoms with Gasteiger partial charge in [0.05, 0.1) is 6.10 Å².